The predicted molar refractivity (Wildman–Crippen MR) is 95.8 cm³/mol. The van der Waals surface area contributed by atoms with E-state index in [0.29, 0.717) is 17.2 Å². The zero-order valence-electron chi connectivity index (χ0n) is 13.5. The van der Waals surface area contributed by atoms with Gasteiger partial charge < -0.3 is 4.74 Å². The van der Waals surface area contributed by atoms with E-state index in [4.69, 9.17) is 4.74 Å². The normalized spacial score (nSPS) is 10.3. The highest BCUT2D eigenvalue weighted by Gasteiger charge is 2.08. The van der Waals surface area contributed by atoms with Gasteiger partial charge in [0.15, 0.2) is 6.61 Å². The van der Waals surface area contributed by atoms with Gasteiger partial charge in [-0.1, -0.05) is 41.9 Å². The molecule has 0 bridgehead atoms. The van der Waals surface area contributed by atoms with E-state index in [1.807, 2.05) is 24.3 Å². The highest BCUT2D eigenvalue weighted by Crippen LogP contribution is 2.18. The molecule has 0 saturated carbocycles. The van der Waals surface area contributed by atoms with Gasteiger partial charge in [-0.15, -0.1) is 0 Å². The van der Waals surface area contributed by atoms with Gasteiger partial charge >= 0.3 is 0 Å². The molecule has 0 spiro atoms. The highest BCUT2D eigenvalue weighted by atomic mass is 79.9. The zero-order chi connectivity index (χ0) is 17.5. The lowest BCUT2D eigenvalue weighted by molar-refractivity contribution is -0.123. The third kappa shape index (κ3) is 5.38. The SMILES string of the molecule is CC(C)c1ccc(OCC(=O)NNC(=O)c2ccc(Br)cc2)cc1. The molecule has 2 aromatic rings. The summed E-state index contributed by atoms with van der Waals surface area (Å²) >= 11 is 3.29. The topological polar surface area (TPSA) is 67.4 Å². The first kappa shape index (κ1) is 18.0. The van der Waals surface area contributed by atoms with Crippen molar-refractivity contribution in [2.75, 3.05) is 6.61 Å². The van der Waals surface area contributed by atoms with Crippen LogP contribution in [-0.2, 0) is 4.79 Å². The Morgan fingerprint density at radius 3 is 2.21 bits per heavy atom. The number of carbonyl (C=O) groups is 2. The molecule has 0 atom stereocenters. The zero-order valence-corrected chi connectivity index (χ0v) is 15.1. The first-order chi connectivity index (χ1) is 11.5. The van der Waals surface area contributed by atoms with Crippen LogP contribution in [0.15, 0.2) is 53.0 Å². The van der Waals surface area contributed by atoms with E-state index in [1.165, 1.54) is 5.56 Å². The van der Waals surface area contributed by atoms with Crippen molar-refractivity contribution in [2.45, 2.75) is 19.8 Å². The van der Waals surface area contributed by atoms with Crippen molar-refractivity contribution >= 4 is 27.7 Å². The maximum absolute atomic E-state index is 11.9. The fourth-order valence-electron chi connectivity index (χ4n) is 1.93. The summed E-state index contributed by atoms with van der Waals surface area (Å²) < 4.78 is 6.26. The molecule has 0 aromatic heterocycles. The van der Waals surface area contributed by atoms with Crippen LogP contribution in [0.2, 0.25) is 0 Å². The van der Waals surface area contributed by atoms with Gasteiger partial charge in [0.05, 0.1) is 0 Å². The number of halogens is 1. The standard InChI is InChI=1S/C18H19BrN2O3/c1-12(2)13-5-9-16(10-6-13)24-11-17(22)20-21-18(23)14-3-7-15(19)8-4-14/h3-10,12H,11H2,1-2H3,(H,20,22)(H,21,23). The van der Waals surface area contributed by atoms with Gasteiger partial charge in [-0.3, -0.25) is 20.4 Å². The van der Waals surface area contributed by atoms with Crippen molar-refractivity contribution in [3.8, 4) is 5.75 Å². The maximum Gasteiger partial charge on any atom is 0.276 e. The lowest BCUT2D eigenvalue weighted by atomic mass is 10.0. The van der Waals surface area contributed by atoms with Gasteiger partial charge in [-0.2, -0.15) is 0 Å². The predicted octanol–water partition coefficient (Wildman–Crippen LogP) is 3.41. The fourth-order valence-corrected chi connectivity index (χ4v) is 2.20. The lowest BCUT2D eigenvalue weighted by Crippen LogP contribution is -2.43. The summed E-state index contributed by atoms with van der Waals surface area (Å²) in [7, 11) is 0. The second-order valence-corrected chi connectivity index (χ2v) is 6.44. The molecule has 24 heavy (non-hydrogen) atoms. The van der Waals surface area contributed by atoms with Gasteiger partial charge in [-0.25, -0.2) is 0 Å². The molecule has 2 aromatic carbocycles. The lowest BCUT2D eigenvalue weighted by Gasteiger charge is -2.10. The Morgan fingerprint density at radius 1 is 1.00 bits per heavy atom. The number of rotatable bonds is 5. The van der Waals surface area contributed by atoms with E-state index in [0.717, 1.165) is 4.47 Å². The molecule has 0 unspecified atom stereocenters. The van der Waals surface area contributed by atoms with Gasteiger partial charge in [0.2, 0.25) is 0 Å². The van der Waals surface area contributed by atoms with Crippen LogP contribution in [0.25, 0.3) is 0 Å². The average Bonchev–Trinajstić information content (AvgIpc) is 2.58. The molecule has 0 radical (unpaired) electrons. The second kappa shape index (κ2) is 8.49. The Labute approximate surface area is 149 Å². The van der Waals surface area contributed by atoms with Crippen LogP contribution >= 0.6 is 15.9 Å². The largest absolute Gasteiger partial charge is 0.484 e. The first-order valence-corrected chi connectivity index (χ1v) is 8.32. The first-order valence-electron chi connectivity index (χ1n) is 7.53. The van der Waals surface area contributed by atoms with Crippen LogP contribution in [0.3, 0.4) is 0 Å². The molecular weight excluding hydrogens is 372 g/mol. The van der Waals surface area contributed by atoms with E-state index < -0.39 is 11.8 Å². The van der Waals surface area contributed by atoms with Crippen LogP contribution in [0.4, 0.5) is 0 Å². The van der Waals surface area contributed by atoms with Crippen LogP contribution in [0, 0.1) is 0 Å². The molecule has 0 aliphatic carbocycles. The van der Waals surface area contributed by atoms with Crippen molar-refractivity contribution in [3.63, 3.8) is 0 Å². The summed E-state index contributed by atoms with van der Waals surface area (Å²) in [5.41, 5.74) is 6.32. The molecule has 0 saturated heterocycles. The summed E-state index contributed by atoms with van der Waals surface area (Å²) in [6, 6.07) is 14.4. The number of hydrogen-bond acceptors (Lipinski definition) is 3. The van der Waals surface area contributed by atoms with E-state index in [2.05, 4.69) is 40.6 Å². The Kier molecular flexibility index (Phi) is 6.37. The number of amides is 2. The van der Waals surface area contributed by atoms with E-state index >= 15 is 0 Å². The molecule has 5 nitrogen and oxygen atoms in total. The van der Waals surface area contributed by atoms with E-state index in [9.17, 15) is 9.59 Å². The molecule has 2 amide bonds. The molecular formula is C18H19BrN2O3. The quantitative estimate of drug-likeness (QED) is 0.768. The number of carbonyl (C=O) groups excluding carboxylic acids is 2. The second-order valence-electron chi connectivity index (χ2n) is 5.52. The number of benzene rings is 2. The third-order valence-corrected chi connectivity index (χ3v) is 3.87. The monoisotopic (exact) mass is 390 g/mol. The van der Waals surface area contributed by atoms with E-state index in [1.54, 1.807) is 24.3 Å². The highest BCUT2D eigenvalue weighted by molar-refractivity contribution is 9.10. The Balaban J connectivity index is 1.77. The molecule has 0 fully saturated rings. The number of hydrazine groups is 1. The van der Waals surface area contributed by atoms with E-state index in [-0.39, 0.29) is 6.61 Å². The minimum absolute atomic E-state index is 0.179. The maximum atomic E-state index is 11.9. The van der Waals surface area contributed by atoms with Crippen molar-refractivity contribution in [3.05, 3.63) is 64.1 Å². The summed E-state index contributed by atoms with van der Waals surface area (Å²) in [6.45, 7) is 4.04. The Hall–Kier alpha value is -2.34. The molecule has 0 heterocycles. The van der Waals surface area contributed by atoms with Crippen molar-refractivity contribution in [1.29, 1.82) is 0 Å². The minimum Gasteiger partial charge on any atom is -0.484 e. The minimum atomic E-state index is -0.437. The summed E-state index contributed by atoms with van der Waals surface area (Å²) in [4.78, 5) is 23.6. The van der Waals surface area contributed by atoms with Crippen molar-refractivity contribution in [1.82, 2.24) is 10.9 Å². The Morgan fingerprint density at radius 2 is 1.62 bits per heavy atom. The molecule has 2 N–H and O–H groups in total. The number of hydrogen-bond donors (Lipinski definition) is 2. The van der Waals surface area contributed by atoms with Crippen LogP contribution in [-0.4, -0.2) is 18.4 Å². The molecule has 126 valence electrons. The van der Waals surface area contributed by atoms with Gasteiger partial charge in [-0.05, 0) is 47.9 Å². The van der Waals surface area contributed by atoms with Gasteiger partial charge in [0, 0.05) is 10.0 Å². The molecule has 2 rings (SSSR count). The fraction of sp³-hybridized carbons (Fsp3) is 0.222. The van der Waals surface area contributed by atoms with Crippen LogP contribution < -0.4 is 15.6 Å². The third-order valence-electron chi connectivity index (χ3n) is 3.34. The smallest absolute Gasteiger partial charge is 0.276 e. The molecule has 0 aliphatic heterocycles. The molecule has 6 heteroatoms. The summed E-state index contributed by atoms with van der Waals surface area (Å²) in [5.74, 6) is 0.218. The average molecular weight is 391 g/mol. The van der Waals surface area contributed by atoms with Crippen LogP contribution in [0.1, 0.15) is 35.7 Å². The number of ether oxygens (including phenoxy) is 1. The van der Waals surface area contributed by atoms with Gasteiger partial charge in [0.25, 0.3) is 11.8 Å². The summed E-state index contributed by atoms with van der Waals surface area (Å²) in [5, 5.41) is 0. The number of nitrogens with one attached hydrogen (secondary N) is 2. The molecule has 0 aliphatic rings. The summed E-state index contributed by atoms with van der Waals surface area (Å²) in [6.07, 6.45) is 0. The van der Waals surface area contributed by atoms with Gasteiger partial charge in [0.1, 0.15) is 5.75 Å². The van der Waals surface area contributed by atoms with Crippen molar-refractivity contribution in [2.24, 2.45) is 0 Å². The van der Waals surface area contributed by atoms with Crippen molar-refractivity contribution < 1.29 is 14.3 Å². The van der Waals surface area contributed by atoms with Crippen LogP contribution in [0.5, 0.6) is 5.75 Å². The Bertz CT molecular complexity index is 697.